The molecule has 1 N–H and O–H groups in total. The van der Waals surface area contributed by atoms with Gasteiger partial charge in [0.1, 0.15) is 0 Å². The van der Waals surface area contributed by atoms with Gasteiger partial charge in [0.2, 0.25) is 0 Å². The second kappa shape index (κ2) is 5.26. The van der Waals surface area contributed by atoms with Crippen molar-refractivity contribution in [1.29, 1.82) is 0 Å². The Balaban J connectivity index is 2.23. The van der Waals surface area contributed by atoms with Crippen molar-refractivity contribution in [2.75, 3.05) is 0 Å². The molecule has 16 heavy (non-hydrogen) atoms. The predicted molar refractivity (Wildman–Crippen MR) is 67.6 cm³/mol. The van der Waals surface area contributed by atoms with Crippen LogP contribution in [0.3, 0.4) is 0 Å². The highest BCUT2D eigenvalue weighted by molar-refractivity contribution is 8.50. The Morgan fingerprint density at radius 1 is 0.875 bits per heavy atom. The van der Waals surface area contributed by atoms with Crippen molar-refractivity contribution in [3.05, 3.63) is 54.6 Å². The van der Waals surface area contributed by atoms with Gasteiger partial charge in [-0.1, -0.05) is 42.5 Å². The number of hydrogen-bond donors (Lipinski definition) is 1. The lowest BCUT2D eigenvalue weighted by Gasteiger charge is -2.00. The third-order valence-electron chi connectivity index (χ3n) is 2.14. The lowest BCUT2D eigenvalue weighted by molar-refractivity contribution is 0.519. The summed E-state index contributed by atoms with van der Waals surface area (Å²) in [5.74, 6) is 0. The van der Waals surface area contributed by atoms with Crippen LogP contribution in [-0.4, -0.2) is 4.89 Å². The fourth-order valence-electron chi connectivity index (χ4n) is 1.43. The Hall–Kier alpha value is -1.15. The zero-order chi connectivity index (χ0) is 11.4. The fourth-order valence-corrected chi connectivity index (χ4v) is 2.77. The fraction of sp³-hybridized carbons (Fsp3) is 0. The van der Waals surface area contributed by atoms with Crippen LogP contribution >= 0.6 is 18.6 Å². The Morgan fingerprint density at radius 2 is 1.44 bits per heavy atom. The van der Waals surface area contributed by atoms with Gasteiger partial charge in [-0.05, 0) is 27.8 Å². The molecule has 2 aromatic carbocycles. The first-order valence-electron chi connectivity index (χ1n) is 4.75. The maximum atomic E-state index is 10.6. The van der Waals surface area contributed by atoms with Crippen molar-refractivity contribution in [3.8, 4) is 11.1 Å². The van der Waals surface area contributed by atoms with Gasteiger partial charge < -0.3 is 0 Å². The molecule has 0 aliphatic heterocycles. The first kappa shape index (κ1) is 11.3. The quantitative estimate of drug-likeness (QED) is 0.832. The summed E-state index contributed by atoms with van der Waals surface area (Å²) in [6, 6.07) is 17.7. The van der Waals surface area contributed by atoms with E-state index in [9.17, 15) is 4.57 Å². The normalized spacial score (nSPS) is 11.2. The molecule has 2 aromatic rings. The van der Waals surface area contributed by atoms with Crippen LogP contribution in [0.2, 0.25) is 0 Å². The van der Waals surface area contributed by atoms with Crippen LogP contribution in [0.15, 0.2) is 59.5 Å². The monoisotopic (exact) mass is 249 g/mol. The van der Waals surface area contributed by atoms with Crippen LogP contribution in [0.4, 0.5) is 0 Å². The Morgan fingerprint density at radius 3 is 2.00 bits per heavy atom. The van der Waals surface area contributed by atoms with Crippen LogP contribution in [0.25, 0.3) is 11.1 Å². The van der Waals surface area contributed by atoms with E-state index in [0.717, 1.165) is 27.4 Å². The number of benzene rings is 2. The molecule has 0 bridgehead atoms. The summed E-state index contributed by atoms with van der Waals surface area (Å²) in [5, 5.41) is 0. The zero-order valence-corrected chi connectivity index (χ0v) is 10.1. The van der Waals surface area contributed by atoms with Crippen LogP contribution in [0.5, 0.6) is 0 Å². The molecule has 0 saturated carbocycles. The maximum Gasteiger partial charge on any atom is 0.588 e. The van der Waals surface area contributed by atoms with Gasteiger partial charge in [0.15, 0.2) is 11.4 Å². The molecule has 0 aliphatic carbocycles. The Bertz CT molecular complexity index is 482. The van der Waals surface area contributed by atoms with Gasteiger partial charge in [-0.3, -0.25) is 0 Å². The molecule has 0 saturated heterocycles. The molecule has 0 fully saturated rings. The van der Waals surface area contributed by atoms with Crippen molar-refractivity contribution in [2.45, 2.75) is 4.90 Å². The summed E-state index contributed by atoms with van der Waals surface area (Å²) < 4.78 is 10.6. The largest absolute Gasteiger partial charge is 0.588 e. The van der Waals surface area contributed by atoms with Gasteiger partial charge in [-0.15, -0.1) is 0 Å². The van der Waals surface area contributed by atoms with Gasteiger partial charge in [-0.2, -0.15) is 4.89 Å². The number of rotatable bonds is 3. The van der Waals surface area contributed by atoms with Gasteiger partial charge >= 0.3 is 7.23 Å². The Kier molecular flexibility index (Phi) is 3.73. The van der Waals surface area contributed by atoms with Crippen LogP contribution in [0, 0.1) is 0 Å². The second-order valence-corrected chi connectivity index (χ2v) is 5.83. The summed E-state index contributed by atoms with van der Waals surface area (Å²) >= 11 is 0.967. The van der Waals surface area contributed by atoms with Crippen molar-refractivity contribution >= 4 is 18.6 Å². The molecule has 1 unspecified atom stereocenters. The summed E-state index contributed by atoms with van der Waals surface area (Å²) in [5.41, 5.74) is 2.26. The standard InChI is InChI=1S/C12H9O2PS/c13-15(14)16-12-8-6-11(7-9-12)10-4-2-1-3-5-10/h1-9H/p+1. The van der Waals surface area contributed by atoms with E-state index in [1.54, 1.807) is 0 Å². The minimum atomic E-state index is -2.17. The third kappa shape index (κ3) is 2.92. The maximum absolute atomic E-state index is 10.6. The highest BCUT2D eigenvalue weighted by atomic mass is 32.7. The minimum Gasteiger partial charge on any atom is -0.150 e. The summed E-state index contributed by atoms with van der Waals surface area (Å²) in [4.78, 5) is 9.57. The van der Waals surface area contributed by atoms with Crippen molar-refractivity contribution in [2.24, 2.45) is 0 Å². The van der Waals surface area contributed by atoms with Crippen molar-refractivity contribution in [3.63, 3.8) is 0 Å². The zero-order valence-electron chi connectivity index (χ0n) is 8.41. The molecule has 0 aliphatic rings. The molecule has 4 heteroatoms. The minimum absolute atomic E-state index is 0.809. The summed E-state index contributed by atoms with van der Waals surface area (Å²) in [6.45, 7) is 0. The Labute approximate surface area is 98.9 Å². The molecule has 2 rings (SSSR count). The lowest BCUT2D eigenvalue weighted by atomic mass is 10.1. The topological polar surface area (TPSA) is 37.3 Å². The van der Waals surface area contributed by atoms with Crippen molar-refractivity contribution in [1.82, 2.24) is 0 Å². The predicted octanol–water partition coefficient (Wildman–Crippen LogP) is 4.10. The van der Waals surface area contributed by atoms with Crippen molar-refractivity contribution < 1.29 is 9.46 Å². The van der Waals surface area contributed by atoms with Crippen LogP contribution in [0.1, 0.15) is 0 Å². The molecule has 80 valence electrons. The van der Waals surface area contributed by atoms with Gasteiger partial charge in [0.25, 0.3) is 0 Å². The van der Waals surface area contributed by atoms with Crippen LogP contribution < -0.4 is 0 Å². The average Bonchev–Trinajstić information content (AvgIpc) is 2.30. The van der Waals surface area contributed by atoms with Gasteiger partial charge in [-0.25, -0.2) is 0 Å². The lowest BCUT2D eigenvalue weighted by Crippen LogP contribution is -1.76. The van der Waals surface area contributed by atoms with E-state index in [4.69, 9.17) is 4.89 Å². The highest BCUT2D eigenvalue weighted by Crippen LogP contribution is 2.40. The second-order valence-electron chi connectivity index (χ2n) is 3.22. The molecule has 2 nitrogen and oxygen atoms in total. The summed E-state index contributed by atoms with van der Waals surface area (Å²) in [7, 11) is -2.17. The van der Waals surface area contributed by atoms with E-state index in [2.05, 4.69) is 0 Å². The molecule has 1 atom stereocenters. The van der Waals surface area contributed by atoms with Gasteiger partial charge in [0.05, 0.1) is 4.90 Å². The smallest absolute Gasteiger partial charge is 0.150 e. The van der Waals surface area contributed by atoms with E-state index in [-0.39, 0.29) is 0 Å². The average molecular weight is 249 g/mol. The molecule has 0 radical (unpaired) electrons. The molecule has 0 heterocycles. The summed E-state index contributed by atoms with van der Waals surface area (Å²) in [6.07, 6.45) is 0. The SMILES string of the molecule is O=[P+](O)Sc1ccc(-c2ccccc2)cc1. The first-order valence-corrected chi connectivity index (χ1v) is 7.39. The first-order chi connectivity index (χ1) is 7.75. The molecule has 0 aromatic heterocycles. The van der Waals surface area contributed by atoms with E-state index < -0.39 is 7.23 Å². The molecular formula is C12H10O2PS+. The number of hydrogen-bond acceptors (Lipinski definition) is 2. The molecule has 0 amide bonds. The molecular weight excluding hydrogens is 239 g/mol. The van der Waals surface area contributed by atoms with E-state index in [1.165, 1.54) is 0 Å². The van der Waals surface area contributed by atoms with Gasteiger partial charge in [0, 0.05) is 0 Å². The molecule has 0 spiro atoms. The van der Waals surface area contributed by atoms with Crippen LogP contribution in [-0.2, 0) is 4.57 Å². The van der Waals surface area contributed by atoms with E-state index in [0.29, 0.717) is 0 Å². The van der Waals surface area contributed by atoms with E-state index in [1.807, 2.05) is 54.6 Å². The van der Waals surface area contributed by atoms with E-state index >= 15 is 0 Å². The highest BCUT2D eigenvalue weighted by Gasteiger charge is 2.14. The third-order valence-corrected chi connectivity index (χ3v) is 3.89.